The molecule has 2 aromatic carbocycles. The number of aryl methyl sites for hydroxylation is 2. The molecule has 3 rings (SSSR count). The second-order valence-electron chi connectivity index (χ2n) is 6.91. The molecule has 1 aliphatic heterocycles. The average Bonchev–Trinajstić information content (AvgIpc) is 2.97. The molecule has 1 aliphatic rings. The topological polar surface area (TPSA) is 18.5 Å². The average molecular weight is 310 g/mol. The molecule has 1 heterocycles. The highest BCUT2D eigenvalue weighted by Crippen LogP contribution is 2.44. The van der Waals surface area contributed by atoms with Gasteiger partial charge in [0, 0.05) is 17.5 Å². The van der Waals surface area contributed by atoms with Crippen LogP contribution in [-0.2, 0) is 6.42 Å². The SMILES string of the molecule is COc1cc(C(C)C)ccc1C1Cc2c(C)cc(C)c(C)c2O1. The number of fused-ring (bicyclic) bond motifs is 1. The van der Waals surface area contributed by atoms with Crippen LogP contribution in [0, 0.1) is 20.8 Å². The molecule has 0 aliphatic carbocycles. The predicted molar refractivity (Wildman–Crippen MR) is 94.8 cm³/mol. The van der Waals surface area contributed by atoms with Crippen LogP contribution in [0.4, 0.5) is 0 Å². The van der Waals surface area contributed by atoms with Gasteiger partial charge in [0.2, 0.25) is 0 Å². The maximum absolute atomic E-state index is 6.35. The highest BCUT2D eigenvalue weighted by molar-refractivity contribution is 5.54. The molecule has 0 aromatic heterocycles. The Morgan fingerprint density at radius 1 is 1.09 bits per heavy atom. The third kappa shape index (κ3) is 2.71. The summed E-state index contributed by atoms with van der Waals surface area (Å²) in [6.07, 6.45) is 0.958. The van der Waals surface area contributed by atoms with Crippen LogP contribution in [0.3, 0.4) is 0 Å². The second-order valence-corrected chi connectivity index (χ2v) is 6.91. The summed E-state index contributed by atoms with van der Waals surface area (Å²) in [4.78, 5) is 0. The molecule has 2 heteroatoms. The van der Waals surface area contributed by atoms with E-state index in [9.17, 15) is 0 Å². The van der Waals surface area contributed by atoms with E-state index in [1.54, 1.807) is 7.11 Å². The van der Waals surface area contributed by atoms with Crippen LogP contribution in [0.5, 0.6) is 11.5 Å². The van der Waals surface area contributed by atoms with Crippen molar-refractivity contribution in [3.8, 4) is 11.5 Å². The van der Waals surface area contributed by atoms with E-state index in [1.165, 1.54) is 27.8 Å². The van der Waals surface area contributed by atoms with E-state index in [1.807, 2.05) is 0 Å². The Morgan fingerprint density at radius 2 is 1.83 bits per heavy atom. The van der Waals surface area contributed by atoms with Crippen molar-refractivity contribution in [2.24, 2.45) is 0 Å². The first kappa shape index (κ1) is 15.9. The summed E-state index contributed by atoms with van der Waals surface area (Å²) in [7, 11) is 1.74. The van der Waals surface area contributed by atoms with E-state index in [0.717, 1.165) is 23.5 Å². The van der Waals surface area contributed by atoms with Gasteiger partial charge in [0.1, 0.15) is 17.6 Å². The van der Waals surface area contributed by atoms with E-state index in [4.69, 9.17) is 9.47 Å². The number of hydrogen-bond acceptors (Lipinski definition) is 2. The zero-order valence-electron chi connectivity index (χ0n) is 15.0. The van der Waals surface area contributed by atoms with E-state index in [2.05, 4.69) is 58.9 Å². The van der Waals surface area contributed by atoms with Crippen LogP contribution >= 0.6 is 0 Å². The van der Waals surface area contributed by atoms with Crippen molar-refractivity contribution in [2.75, 3.05) is 7.11 Å². The highest BCUT2D eigenvalue weighted by Gasteiger charge is 2.30. The molecule has 0 bridgehead atoms. The Bertz CT molecular complexity index is 744. The smallest absolute Gasteiger partial charge is 0.131 e. The third-order valence-electron chi connectivity index (χ3n) is 5.04. The molecule has 1 atom stereocenters. The van der Waals surface area contributed by atoms with Gasteiger partial charge in [-0.3, -0.25) is 0 Å². The molecule has 0 fully saturated rings. The molecule has 0 saturated heterocycles. The lowest BCUT2D eigenvalue weighted by Gasteiger charge is -2.17. The van der Waals surface area contributed by atoms with Crippen molar-refractivity contribution in [3.05, 3.63) is 57.6 Å². The number of benzene rings is 2. The zero-order chi connectivity index (χ0) is 16.7. The fourth-order valence-corrected chi connectivity index (χ4v) is 3.41. The summed E-state index contributed by atoms with van der Waals surface area (Å²) in [6, 6.07) is 8.78. The van der Waals surface area contributed by atoms with Crippen molar-refractivity contribution >= 4 is 0 Å². The van der Waals surface area contributed by atoms with E-state index >= 15 is 0 Å². The van der Waals surface area contributed by atoms with Gasteiger partial charge >= 0.3 is 0 Å². The van der Waals surface area contributed by atoms with E-state index in [0.29, 0.717) is 5.92 Å². The van der Waals surface area contributed by atoms with Crippen LogP contribution < -0.4 is 9.47 Å². The molecular formula is C21H26O2. The minimum absolute atomic E-state index is 0.0420. The fraction of sp³-hybridized carbons (Fsp3) is 0.429. The molecule has 0 N–H and O–H groups in total. The van der Waals surface area contributed by atoms with Gasteiger partial charge in [0.25, 0.3) is 0 Å². The van der Waals surface area contributed by atoms with E-state index < -0.39 is 0 Å². The standard InChI is InChI=1S/C21H26O2/c1-12(2)16-7-8-17(19(10-16)22-6)20-11-18-14(4)9-13(3)15(5)21(18)23-20/h7-10,12,20H,11H2,1-6H3. The molecule has 2 nitrogen and oxygen atoms in total. The molecule has 0 amide bonds. The second kappa shape index (κ2) is 5.92. The zero-order valence-corrected chi connectivity index (χ0v) is 15.0. The molecule has 2 aromatic rings. The van der Waals surface area contributed by atoms with Gasteiger partial charge in [-0.1, -0.05) is 32.0 Å². The highest BCUT2D eigenvalue weighted by atomic mass is 16.5. The quantitative estimate of drug-likeness (QED) is 0.753. The lowest BCUT2D eigenvalue weighted by atomic mass is 9.94. The minimum atomic E-state index is 0.0420. The maximum atomic E-state index is 6.35. The van der Waals surface area contributed by atoms with Crippen molar-refractivity contribution in [1.29, 1.82) is 0 Å². The Hall–Kier alpha value is -1.96. The van der Waals surface area contributed by atoms with Crippen molar-refractivity contribution in [2.45, 2.75) is 53.1 Å². The van der Waals surface area contributed by atoms with Gasteiger partial charge in [-0.05, 0) is 55.0 Å². The van der Waals surface area contributed by atoms with Gasteiger partial charge in [-0.25, -0.2) is 0 Å². The summed E-state index contributed by atoms with van der Waals surface area (Å²) in [6.45, 7) is 10.9. The van der Waals surface area contributed by atoms with Gasteiger partial charge < -0.3 is 9.47 Å². The number of rotatable bonds is 3. The molecule has 1 unspecified atom stereocenters. The first-order valence-corrected chi connectivity index (χ1v) is 8.36. The summed E-state index contributed by atoms with van der Waals surface area (Å²) < 4.78 is 12.0. The lowest BCUT2D eigenvalue weighted by Crippen LogP contribution is -2.06. The van der Waals surface area contributed by atoms with Gasteiger partial charge in [0.15, 0.2) is 0 Å². The molecular weight excluding hydrogens is 284 g/mol. The van der Waals surface area contributed by atoms with Gasteiger partial charge in [-0.2, -0.15) is 0 Å². The first-order chi connectivity index (χ1) is 10.9. The van der Waals surface area contributed by atoms with Crippen LogP contribution in [-0.4, -0.2) is 7.11 Å². The molecule has 23 heavy (non-hydrogen) atoms. The number of ether oxygens (including phenoxy) is 2. The fourth-order valence-electron chi connectivity index (χ4n) is 3.41. The first-order valence-electron chi connectivity index (χ1n) is 8.36. The molecule has 0 radical (unpaired) electrons. The van der Waals surface area contributed by atoms with Crippen molar-refractivity contribution in [3.63, 3.8) is 0 Å². The molecule has 0 saturated carbocycles. The van der Waals surface area contributed by atoms with Crippen molar-refractivity contribution in [1.82, 2.24) is 0 Å². The molecule has 0 spiro atoms. The predicted octanol–water partition coefficient (Wildman–Crippen LogP) is 5.42. The van der Waals surface area contributed by atoms with Crippen LogP contribution in [0.2, 0.25) is 0 Å². The third-order valence-corrected chi connectivity index (χ3v) is 5.04. The number of hydrogen-bond donors (Lipinski definition) is 0. The van der Waals surface area contributed by atoms with Crippen LogP contribution in [0.1, 0.15) is 59.3 Å². The minimum Gasteiger partial charge on any atom is -0.496 e. The van der Waals surface area contributed by atoms with Crippen LogP contribution in [0.25, 0.3) is 0 Å². The van der Waals surface area contributed by atoms with Gasteiger partial charge in [0.05, 0.1) is 7.11 Å². The molecule has 122 valence electrons. The van der Waals surface area contributed by atoms with Crippen LogP contribution in [0.15, 0.2) is 24.3 Å². The maximum Gasteiger partial charge on any atom is 0.131 e. The summed E-state index contributed by atoms with van der Waals surface area (Å²) >= 11 is 0. The Balaban J connectivity index is 1.99. The van der Waals surface area contributed by atoms with E-state index in [-0.39, 0.29) is 6.10 Å². The normalized spacial score (nSPS) is 16.4. The summed E-state index contributed by atoms with van der Waals surface area (Å²) in [5, 5.41) is 0. The monoisotopic (exact) mass is 310 g/mol. The lowest BCUT2D eigenvalue weighted by molar-refractivity contribution is 0.230. The Kier molecular flexibility index (Phi) is 4.09. The Labute approximate surface area is 139 Å². The van der Waals surface area contributed by atoms with Gasteiger partial charge in [-0.15, -0.1) is 0 Å². The number of methoxy groups -OCH3 is 1. The summed E-state index contributed by atoms with van der Waals surface area (Å²) in [5.74, 6) is 2.50. The van der Waals surface area contributed by atoms with Crippen molar-refractivity contribution < 1.29 is 9.47 Å². The Morgan fingerprint density at radius 3 is 2.48 bits per heavy atom. The largest absolute Gasteiger partial charge is 0.496 e. The summed E-state index contributed by atoms with van der Waals surface area (Å²) in [5.41, 5.74) is 7.65.